The fourth-order valence-corrected chi connectivity index (χ4v) is 3.66. The molecule has 21 heavy (non-hydrogen) atoms. The van der Waals surface area contributed by atoms with Crippen LogP contribution in [-0.4, -0.2) is 22.4 Å². The van der Waals surface area contributed by atoms with Crippen LogP contribution in [0, 0.1) is 6.92 Å². The molecular weight excluding hydrogens is 282 g/mol. The highest BCUT2D eigenvalue weighted by atomic mass is 32.2. The summed E-state index contributed by atoms with van der Waals surface area (Å²) in [5.41, 5.74) is 2.40. The number of thioether (sulfide) groups is 1. The minimum atomic E-state index is 0.432. The lowest BCUT2D eigenvalue weighted by molar-refractivity contribution is 0.374. The number of hydrogen-bond donors (Lipinski definition) is 1. The summed E-state index contributed by atoms with van der Waals surface area (Å²) in [7, 11) is 0. The second kappa shape index (κ2) is 6.98. The zero-order valence-corrected chi connectivity index (χ0v) is 13.2. The Hall–Kier alpha value is -1.49. The summed E-state index contributed by atoms with van der Waals surface area (Å²) in [5.74, 6) is 2.82. The minimum Gasteiger partial charge on any atom is -0.385 e. The van der Waals surface area contributed by atoms with Crippen LogP contribution in [-0.2, 0) is 6.42 Å². The highest BCUT2D eigenvalue weighted by Crippen LogP contribution is 2.36. The average Bonchev–Trinajstić information content (AvgIpc) is 2.99. The van der Waals surface area contributed by atoms with Gasteiger partial charge in [0, 0.05) is 18.7 Å². The molecule has 3 rings (SSSR count). The zero-order valence-electron chi connectivity index (χ0n) is 12.3. The van der Waals surface area contributed by atoms with Crippen LogP contribution < -0.4 is 5.32 Å². The molecule has 112 valence electrons. The van der Waals surface area contributed by atoms with E-state index in [4.69, 9.17) is 4.52 Å². The van der Waals surface area contributed by atoms with Crippen molar-refractivity contribution in [1.82, 2.24) is 10.1 Å². The molecule has 1 unspecified atom stereocenters. The van der Waals surface area contributed by atoms with E-state index in [-0.39, 0.29) is 0 Å². The van der Waals surface area contributed by atoms with Gasteiger partial charge in [0.15, 0.2) is 5.82 Å². The third kappa shape index (κ3) is 4.00. The van der Waals surface area contributed by atoms with E-state index in [1.807, 2.05) is 11.8 Å². The van der Waals surface area contributed by atoms with E-state index in [0.717, 1.165) is 30.4 Å². The number of aryl methyl sites for hydroxylation is 1. The summed E-state index contributed by atoms with van der Waals surface area (Å²) in [6.07, 6.45) is 4.52. The van der Waals surface area contributed by atoms with E-state index in [0.29, 0.717) is 5.25 Å². The molecule has 1 aromatic heterocycles. The van der Waals surface area contributed by atoms with Crippen molar-refractivity contribution < 1.29 is 4.52 Å². The van der Waals surface area contributed by atoms with Crippen LogP contribution in [0.25, 0.3) is 0 Å². The molecule has 0 aliphatic carbocycles. The minimum absolute atomic E-state index is 0.432. The van der Waals surface area contributed by atoms with Crippen molar-refractivity contribution in [2.45, 2.75) is 37.9 Å². The summed E-state index contributed by atoms with van der Waals surface area (Å²) < 4.78 is 5.36. The first kappa shape index (κ1) is 14.4. The van der Waals surface area contributed by atoms with E-state index in [1.54, 1.807) is 0 Å². The van der Waals surface area contributed by atoms with Crippen molar-refractivity contribution in [3.8, 4) is 0 Å². The normalized spacial score (nSPS) is 18.6. The van der Waals surface area contributed by atoms with Gasteiger partial charge in [-0.3, -0.25) is 0 Å². The molecule has 0 radical (unpaired) electrons. The maximum atomic E-state index is 5.36. The number of anilines is 1. The van der Waals surface area contributed by atoms with Crippen LogP contribution in [0.1, 0.15) is 41.8 Å². The van der Waals surface area contributed by atoms with Gasteiger partial charge in [0.1, 0.15) is 0 Å². The average molecular weight is 303 g/mol. The second-order valence-electron chi connectivity index (χ2n) is 5.44. The number of nitrogens with zero attached hydrogens (tertiary/aromatic N) is 2. The van der Waals surface area contributed by atoms with Crippen molar-refractivity contribution in [1.29, 1.82) is 0 Å². The first-order valence-electron chi connectivity index (χ1n) is 7.56. The molecular formula is C16H21N3OS. The van der Waals surface area contributed by atoms with E-state index in [1.165, 1.54) is 30.6 Å². The molecule has 1 aliphatic rings. The molecule has 5 heteroatoms. The second-order valence-corrected chi connectivity index (χ2v) is 6.75. The van der Waals surface area contributed by atoms with Crippen LogP contribution in [0.2, 0.25) is 0 Å². The number of rotatable bonds is 5. The Morgan fingerprint density at radius 2 is 2.14 bits per heavy atom. The van der Waals surface area contributed by atoms with Gasteiger partial charge in [0.25, 0.3) is 0 Å². The fourth-order valence-electron chi connectivity index (χ4n) is 2.43. The maximum absolute atomic E-state index is 5.36. The van der Waals surface area contributed by atoms with Crippen LogP contribution in [0.15, 0.2) is 28.8 Å². The van der Waals surface area contributed by atoms with Gasteiger partial charge in [-0.1, -0.05) is 29.3 Å². The van der Waals surface area contributed by atoms with E-state index < -0.39 is 0 Å². The van der Waals surface area contributed by atoms with Crippen molar-refractivity contribution in [2.24, 2.45) is 0 Å². The van der Waals surface area contributed by atoms with Gasteiger partial charge in [-0.2, -0.15) is 16.7 Å². The lowest BCUT2D eigenvalue weighted by Crippen LogP contribution is -2.06. The Labute approximate surface area is 129 Å². The summed E-state index contributed by atoms with van der Waals surface area (Å²) >= 11 is 1.95. The highest BCUT2D eigenvalue weighted by Gasteiger charge is 2.21. The van der Waals surface area contributed by atoms with Gasteiger partial charge in [-0.05, 0) is 37.7 Å². The van der Waals surface area contributed by atoms with Gasteiger partial charge in [0.05, 0.1) is 5.25 Å². The van der Waals surface area contributed by atoms with Crippen molar-refractivity contribution in [3.05, 3.63) is 41.5 Å². The number of hydrogen-bond acceptors (Lipinski definition) is 5. The number of benzene rings is 1. The van der Waals surface area contributed by atoms with Crippen LogP contribution in [0.3, 0.4) is 0 Å². The van der Waals surface area contributed by atoms with Crippen molar-refractivity contribution >= 4 is 17.4 Å². The van der Waals surface area contributed by atoms with Crippen molar-refractivity contribution in [2.75, 3.05) is 17.6 Å². The van der Waals surface area contributed by atoms with Crippen LogP contribution in [0.4, 0.5) is 5.69 Å². The first-order chi connectivity index (χ1) is 10.3. The van der Waals surface area contributed by atoms with Gasteiger partial charge >= 0.3 is 0 Å². The third-order valence-electron chi connectivity index (χ3n) is 3.67. The van der Waals surface area contributed by atoms with E-state index in [2.05, 4.69) is 46.6 Å². The molecule has 0 spiro atoms. The van der Waals surface area contributed by atoms with Gasteiger partial charge < -0.3 is 9.84 Å². The summed E-state index contributed by atoms with van der Waals surface area (Å²) in [6, 6.07) is 8.39. The molecule has 1 aliphatic heterocycles. The van der Waals surface area contributed by atoms with Crippen LogP contribution in [0.5, 0.6) is 0 Å². The molecule has 1 aromatic carbocycles. The number of aromatic nitrogens is 2. The molecule has 1 fully saturated rings. The van der Waals surface area contributed by atoms with Gasteiger partial charge in [0.2, 0.25) is 5.89 Å². The quantitative estimate of drug-likeness (QED) is 0.905. The highest BCUT2D eigenvalue weighted by molar-refractivity contribution is 7.99. The van der Waals surface area contributed by atoms with Gasteiger partial charge in [-0.25, -0.2) is 0 Å². The Morgan fingerprint density at radius 1 is 1.29 bits per heavy atom. The number of nitrogens with one attached hydrogen (secondary N) is 1. The lowest BCUT2D eigenvalue weighted by Gasteiger charge is -2.17. The predicted octanol–water partition coefficient (Wildman–Crippen LogP) is 3.99. The van der Waals surface area contributed by atoms with Crippen LogP contribution >= 0.6 is 11.8 Å². The first-order valence-corrected chi connectivity index (χ1v) is 8.61. The smallest absolute Gasteiger partial charge is 0.228 e. The molecule has 1 N–H and O–H groups in total. The van der Waals surface area contributed by atoms with E-state index in [9.17, 15) is 0 Å². The lowest BCUT2D eigenvalue weighted by atomic mass is 10.2. The Balaban J connectivity index is 1.49. The van der Waals surface area contributed by atoms with E-state index >= 15 is 0 Å². The maximum Gasteiger partial charge on any atom is 0.228 e. The standard InChI is InChI=1S/C16H21N3OS/c1-12-5-7-13(8-6-12)17-10-9-15-18-16(19-20-15)14-4-2-3-11-21-14/h5-8,14,17H,2-4,9-11H2,1H3. The molecule has 0 amide bonds. The topological polar surface area (TPSA) is 51.0 Å². The third-order valence-corrected chi connectivity index (χ3v) is 5.04. The summed E-state index contributed by atoms with van der Waals surface area (Å²) in [5, 5.41) is 7.95. The SMILES string of the molecule is Cc1ccc(NCCc2nc(C3CCCCS3)no2)cc1. The molecule has 0 saturated carbocycles. The molecule has 2 heterocycles. The molecule has 1 atom stereocenters. The Bertz CT molecular complexity index is 561. The summed E-state index contributed by atoms with van der Waals surface area (Å²) in [6.45, 7) is 2.90. The summed E-state index contributed by atoms with van der Waals surface area (Å²) in [4.78, 5) is 4.54. The molecule has 1 saturated heterocycles. The largest absolute Gasteiger partial charge is 0.385 e. The molecule has 0 bridgehead atoms. The monoisotopic (exact) mass is 303 g/mol. The Kier molecular flexibility index (Phi) is 4.80. The van der Waals surface area contributed by atoms with Gasteiger partial charge in [-0.15, -0.1) is 0 Å². The fraction of sp³-hybridized carbons (Fsp3) is 0.500. The molecule has 4 nitrogen and oxygen atoms in total. The zero-order chi connectivity index (χ0) is 14.5. The Morgan fingerprint density at radius 3 is 2.90 bits per heavy atom. The molecule has 2 aromatic rings. The predicted molar refractivity (Wildman–Crippen MR) is 86.7 cm³/mol. The van der Waals surface area contributed by atoms with Crippen molar-refractivity contribution in [3.63, 3.8) is 0 Å².